The Bertz CT molecular complexity index is 688. The van der Waals surface area contributed by atoms with Gasteiger partial charge < -0.3 is 9.73 Å². The number of hydrogen-bond acceptors (Lipinski definition) is 5. The number of aromatic nitrogens is 2. The van der Waals surface area contributed by atoms with Crippen LogP contribution < -0.4 is 10.0 Å². The van der Waals surface area contributed by atoms with Crippen molar-refractivity contribution in [3.63, 3.8) is 0 Å². The van der Waals surface area contributed by atoms with Gasteiger partial charge in [0.2, 0.25) is 5.09 Å². The highest BCUT2D eigenvalue weighted by molar-refractivity contribution is 7.92. The lowest BCUT2D eigenvalue weighted by atomic mass is 10.3. The van der Waals surface area contributed by atoms with Crippen molar-refractivity contribution < 1.29 is 12.8 Å². The van der Waals surface area contributed by atoms with Crippen molar-refractivity contribution in [2.24, 2.45) is 0 Å². The highest BCUT2D eigenvalue weighted by Crippen LogP contribution is 2.18. The number of hydrogen-bond donors (Lipinski definition) is 2. The lowest BCUT2D eigenvalue weighted by Crippen LogP contribution is -2.21. The first-order chi connectivity index (χ1) is 9.90. The normalized spacial score (nSPS) is 12.0. The van der Waals surface area contributed by atoms with E-state index in [1.54, 1.807) is 16.9 Å². The third kappa shape index (κ3) is 4.08. The summed E-state index contributed by atoms with van der Waals surface area (Å²) in [6, 6.07) is 3.40. The van der Waals surface area contributed by atoms with E-state index in [0.717, 1.165) is 0 Å². The van der Waals surface area contributed by atoms with Gasteiger partial charge in [-0.1, -0.05) is 13.8 Å². The van der Waals surface area contributed by atoms with Crippen LogP contribution in [0, 0.1) is 0 Å². The lowest BCUT2D eigenvalue weighted by molar-refractivity contribution is 0.396. The fourth-order valence-electron chi connectivity index (χ4n) is 1.70. The Morgan fingerprint density at radius 3 is 2.76 bits per heavy atom. The topological polar surface area (TPSA) is 89.2 Å². The summed E-state index contributed by atoms with van der Waals surface area (Å²) in [6.07, 6.45) is 3.09. The smallest absolute Gasteiger partial charge is 0.295 e. The SMILES string of the molecule is CCn1cc(NS(=O)(=O)c2ccc(CNC(C)C)o2)cn1. The first-order valence-corrected chi connectivity index (χ1v) is 8.26. The monoisotopic (exact) mass is 312 g/mol. The van der Waals surface area contributed by atoms with E-state index in [-0.39, 0.29) is 5.09 Å². The first-order valence-electron chi connectivity index (χ1n) is 6.78. The van der Waals surface area contributed by atoms with E-state index in [4.69, 9.17) is 4.42 Å². The van der Waals surface area contributed by atoms with E-state index in [9.17, 15) is 8.42 Å². The molecule has 0 aliphatic rings. The molecule has 2 aromatic rings. The molecule has 0 spiro atoms. The molecule has 0 aliphatic carbocycles. The van der Waals surface area contributed by atoms with E-state index in [0.29, 0.717) is 30.6 Å². The van der Waals surface area contributed by atoms with E-state index in [2.05, 4.69) is 15.1 Å². The highest BCUT2D eigenvalue weighted by atomic mass is 32.2. The molecule has 0 radical (unpaired) electrons. The Morgan fingerprint density at radius 2 is 2.14 bits per heavy atom. The molecule has 2 aromatic heterocycles. The van der Waals surface area contributed by atoms with Gasteiger partial charge in [0, 0.05) is 18.8 Å². The molecule has 0 atom stereocenters. The molecule has 0 amide bonds. The highest BCUT2D eigenvalue weighted by Gasteiger charge is 2.19. The van der Waals surface area contributed by atoms with Gasteiger partial charge in [0.05, 0.1) is 18.4 Å². The van der Waals surface area contributed by atoms with Crippen molar-refractivity contribution >= 4 is 15.7 Å². The van der Waals surface area contributed by atoms with Crippen molar-refractivity contribution in [3.05, 3.63) is 30.3 Å². The van der Waals surface area contributed by atoms with Crippen LogP contribution in [-0.4, -0.2) is 24.2 Å². The molecule has 0 aliphatic heterocycles. The summed E-state index contributed by atoms with van der Waals surface area (Å²) < 4.78 is 33.8. The van der Waals surface area contributed by atoms with Crippen molar-refractivity contribution in [2.45, 2.75) is 45.0 Å². The molecule has 0 aromatic carbocycles. The van der Waals surface area contributed by atoms with Gasteiger partial charge in [-0.05, 0) is 19.1 Å². The summed E-state index contributed by atoms with van der Waals surface area (Å²) in [5, 5.41) is 7.08. The van der Waals surface area contributed by atoms with Gasteiger partial charge in [-0.15, -0.1) is 0 Å². The predicted octanol–water partition coefficient (Wildman–Crippen LogP) is 1.79. The number of anilines is 1. The summed E-state index contributed by atoms with van der Waals surface area (Å²) in [5.41, 5.74) is 0.412. The molecule has 0 unspecified atom stereocenters. The predicted molar refractivity (Wildman–Crippen MR) is 79.4 cm³/mol. The van der Waals surface area contributed by atoms with Crippen LogP contribution in [0.25, 0.3) is 0 Å². The minimum absolute atomic E-state index is 0.104. The second-order valence-electron chi connectivity index (χ2n) is 4.95. The number of aryl methyl sites for hydroxylation is 1. The van der Waals surface area contributed by atoms with E-state index in [1.165, 1.54) is 12.3 Å². The van der Waals surface area contributed by atoms with Crippen LogP contribution in [0.5, 0.6) is 0 Å². The van der Waals surface area contributed by atoms with Crippen LogP contribution in [-0.2, 0) is 23.1 Å². The molecule has 0 saturated heterocycles. The Morgan fingerprint density at radius 1 is 1.38 bits per heavy atom. The van der Waals surface area contributed by atoms with Gasteiger partial charge >= 0.3 is 0 Å². The van der Waals surface area contributed by atoms with Crippen LogP contribution in [0.4, 0.5) is 5.69 Å². The molecule has 116 valence electrons. The van der Waals surface area contributed by atoms with Gasteiger partial charge in [-0.3, -0.25) is 9.40 Å². The summed E-state index contributed by atoms with van der Waals surface area (Å²) in [4.78, 5) is 0. The van der Waals surface area contributed by atoms with E-state index in [1.807, 2.05) is 20.8 Å². The molecule has 21 heavy (non-hydrogen) atoms. The number of sulfonamides is 1. The minimum atomic E-state index is -3.72. The van der Waals surface area contributed by atoms with Crippen LogP contribution >= 0.6 is 0 Å². The second-order valence-corrected chi connectivity index (χ2v) is 6.56. The molecule has 7 nitrogen and oxygen atoms in total. The second kappa shape index (κ2) is 6.31. The summed E-state index contributed by atoms with van der Waals surface area (Å²) in [5.74, 6) is 0.577. The average molecular weight is 312 g/mol. The van der Waals surface area contributed by atoms with Gasteiger partial charge in [0.25, 0.3) is 10.0 Å². The quantitative estimate of drug-likeness (QED) is 0.813. The van der Waals surface area contributed by atoms with Crippen molar-refractivity contribution in [3.8, 4) is 0 Å². The molecule has 0 fully saturated rings. The van der Waals surface area contributed by atoms with E-state index >= 15 is 0 Å². The molecule has 2 heterocycles. The van der Waals surface area contributed by atoms with Gasteiger partial charge in [0.15, 0.2) is 0 Å². The summed E-state index contributed by atoms with van der Waals surface area (Å²) >= 11 is 0. The third-order valence-corrected chi connectivity index (χ3v) is 4.05. The number of nitrogens with zero attached hydrogens (tertiary/aromatic N) is 2. The number of rotatable bonds is 7. The van der Waals surface area contributed by atoms with Crippen LogP contribution in [0.2, 0.25) is 0 Å². The number of furan rings is 1. The maximum Gasteiger partial charge on any atom is 0.295 e. The van der Waals surface area contributed by atoms with Crippen LogP contribution in [0.3, 0.4) is 0 Å². The first kappa shape index (κ1) is 15.6. The molecule has 0 saturated carbocycles. The Hall–Kier alpha value is -1.80. The van der Waals surface area contributed by atoms with Crippen molar-refractivity contribution in [1.29, 1.82) is 0 Å². The fraction of sp³-hybridized carbons (Fsp3) is 0.462. The molecular weight excluding hydrogens is 292 g/mol. The third-order valence-electron chi connectivity index (χ3n) is 2.80. The summed E-state index contributed by atoms with van der Waals surface area (Å²) in [6.45, 7) is 7.10. The van der Waals surface area contributed by atoms with E-state index < -0.39 is 10.0 Å². The minimum Gasteiger partial charge on any atom is -0.446 e. The Balaban J connectivity index is 2.08. The Labute approximate surface area is 124 Å². The van der Waals surface area contributed by atoms with Crippen molar-refractivity contribution in [2.75, 3.05) is 4.72 Å². The van der Waals surface area contributed by atoms with Gasteiger partial charge in [0.1, 0.15) is 5.76 Å². The standard InChI is InChI=1S/C13H20N4O3S/c1-4-17-9-11(7-15-17)16-21(18,19)13-6-5-12(20-13)8-14-10(2)3/h5-7,9-10,14,16H,4,8H2,1-3H3. The van der Waals surface area contributed by atoms with Crippen molar-refractivity contribution in [1.82, 2.24) is 15.1 Å². The lowest BCUT2D eigenvalue weighted by Gasteiger charge is -2.05. The molecule has 2 rings (SSSR count). The largest absolute Gasteiger partial charge is 0.446 e. The maximum atomic E-state index is 12.2. The zero-order chi connectivity index (χ0) is 15.5. The fourth-order valence-corrected chi connectivity index (χ4v) is 2.68. The molecule has 8 heteroatoms. The molecular formula is C13H20N4O3S. The zero-order valence-electron chi connectivity index (χ0n) is 12.3. The molecule has 2 N–H and O–H groups in total. The average Bonchev–Trinajstić information content (AvgIpc) is 3.04. The van der Waals surface area contributed by atoms with Crippen LogP contribution in [0.1, 0.15) is 26.5 Å². The summed E-state index contributed by atoms with van der Waals surface area (Å²) in [7, 11) is -3.72. The Kier molecular flexibility index (Phi) is 4.69. The van der Waals surface area contributed by atoms with Crippen LogP contribution in [0.15, 0.2) is 34.0 Å². The van der Waals surface area contributed by atoms with Gasteiger partial charge in [-0.25, -0.2) is 0 Å². The van der Waals surface area contributed by atoms with Gasteiger partial charge in [-0.2, -0.15) is 13.5 Å². The molecule has 0 bridgehead atoms. The maximum absolute atomic E-state index is 12.2. The zero-order valence-corrected chi connectivity index (χ0v) is 13.1. The number of nitrogens with one attached hydrogen (secondary N) is 2.